The van der Waals surface area contributed by atoms with Gasteiger partial charge in [0, 0.05) is 5.02 Å². The largest absolute Gasteiger partial charge is 0.495 e. The van der Waals surface area contributed by atoms with Crippen LogP contribution in [0.5, 0.6) is 11.5 Å². The number of amides is 3. The minimum atomic E-state index is -0.398. The summed E-state index contributed by atoms with van der Waals surface area (Å²) in [6.45, 7) is -0.183. The molecule has 0 radical (unpaired) electrons. The van der Waals surface area contributed by atoms with Crippen molar-refractivity contribution in [3.63, 3.8) is 0 Å². The molecule has 0 bridgehead atoms. The van der Waals surface area contributed by atoms with Gasteiger partial charge in [-0.2, -0.15) is 0 Å². The lowest BCUT2D eigenvalue weighted by Crippen LogP contribution is -2.27. The van der Waals surface area contributed by atoms with Gasteiger partial charge in [0.2, 0.25) is 0 Å². The number of thioether (sulfide) groups is 1. The van der Waals surface area contributed by atoms with Gasteiger partial charge in [-0.3, -0.25) is 14.4 Å². The van der Waals surface area contributed by atoms with Crippen molar-refractivity contribution in [2.24, 2.45) is 0 Å². The number of rotatable bonds is 7. The van der Waals surface area contributed by atoms with E-state index in [2.05, 4.69) is 5.32 Å². The molecule has 0 saturated carbocycles. The second-order valence-electron chi connectivity index (χ2n) is 7.10. The second-order valence-corrected chi connectivity index (χ2v) is 8.53. The number of nitrogens with zero attached hydrogens (tertiary/aromatic N) is 1. The molecule has 0 aromatic heterocycles. The summed E-state index contributed by atoms with van der Waals surface area (Å²) in [5.41, 5.74) is 1.74. The van der Waals surface area contributed by atoms with E-state index >= 15 is 0 Å². The molecule has 3 amide bonds. The Kier molecular flexibility index (Phi) is 7.20. The van der Waals surface area contributed by atoms with E-state index in [1.54, 1.807) is 72.8 Å². The normalized spacial score (nSPS) is 14.4. The molecule has 1 heterocycles. The molecule has 9 heteroatoms. The number of hydrogen-bond acceptors (Lipinski definition) is 6. The van der Waals surface area contributed by atoms with Crippen LogP contribution in [0.4, 0.5) is 16.2 Å². The quantitative estimate of drug-likeness (QED) is 0.430. The first-order valence-corrected chi connectivity index (χ1v) is 11.3. The molecule has 0 aliphatic carbocycles. The minimum absolute atomic E-state index is 0.183. The van der Waals surface area contributed by atoms with Crippen molar-refractivity contribution in [1.82, 2.24) is 0 Å². The number of imide groups is 1. The first-order chi connectivity index (χ1) is 16.4. The number of nitrogens with one attached hydrogen (secondary N) is 1. The zero-order chi connectivity index (χ0) is 24.1. The highest BCUT2D eigenvalue weighted by molar-refractivity contribution is 8.19. The van der Waals surface area contributed by atoms with Gasteiger partial charge in [-0.25, -0.2) is 4.90 Å². The number of anilines is 2. The van der Waals surface area contributed by atoms with Gasteiger partial charge >= 0.3 is 0 Å². The number of para-hydroxylation sites is 2. The van der Waals surface area contributed by atoms with Gasteiger partial charge in [-0.05, 0) is 71.9 Å². The SMILES string of the molecule is COc1ccccc1NC(=O)COc1ccc(/C=C2/SC(=O)N(c3ccc(Cl)cc3)C2=O)cc1. The van der Waals surface area contributed by atoms with E-state index in [1.807, 2.05) is 6.07 Å². The molecule has 7 nitrogen and oxygen atoms in total. The molecular formula is C25H19ClN2O5S. The van der Waals surface area contributed by atoms with Crippen LogP contribution in [0.3, 0.4) is 0 Å². The maximum absolute atomic E-state index is 12.8. The maximum atomic E-state index is 12.8. The van der Waals surface area contributed by atoms with Crippen LogP contribution < -0.4 is 19.7 Å². The third kappa shape index (κ3) is 5.41. The topological polar surface area (TPSA) is 84.9 Å². The lowest BCUT2D eigenvalue weighted by atomic mass is 10.2. The molecule has 1 aliphatic rings. The van der Waals surface area contributed by atoms with E-state index in [9.17, 15) is 14.4 Å². The van der Waals surface area contributed by atoms with Gasteiger partial charge < -0.3 is 14.8 Å². The summed E-state index contributed by atoms with van der Waals surface area (Å²) in [7, 11) is 1.53. The van der Waals surface area contributed by atoms with Crippen LogP contribution in [0.15, 0.2) is 77.7 Å². The Morgan fingerprint density at radius 1 is 1.03 bits per heavy atom. The summed E-state index contributed by atoms with van der Waals surface area (Å²) < 4.78 is 10.8. The highest BCUT2D eigenvalue weighted by Crippen LogP contribution is 2.36. The van der Waals surface area contributed by atoms with Crippen molar-refractivity contribution in [1.29, 1.82) is 0 Å². The fourth-order valence-electron chi connectivity index (χ4n) is 3.18. The zero-order valence-electron chi connectivity index (χ0n) is 18.0. The van der Waals surface area contributed by atoms with Crippen molar-refractivity contribution >= 4 is 57.9 Å². The fraction of sp³-hybridized carbons (Fsp3) is 0.0800. The lowest BCUT2D eigenvalue weighted by molar-refractivity contribution is -0.118. The number of benzene rings is 3. The van der Waals surface area contributed by atoms with Crippen LogP contribution >= 0.6 is 23.4 Å². The molecule has 0 spiro atoms. The first kappa shape index (κ1) is 23.4. The first-order valence-electron chi connectivity index (χ1n) is 10.1. The number of carbonyl (C=O) groups excluding carboxylic acids is 3. The zero-order valence-corrected chi connectivity index (χ0v) is 19.6. The molecule has 0 unspecified atom stereocenters. The highest BCUT2D eigenvalue weighted by Gasteiger charge is 2.36. The molecule has 1 aliphatic heterocycles. The van der Waals surface area contributed by atoms with Crippen LogP contribution in [0.25, 0.3) is 6.08 Å². The van der Waals surface area contributed by atoms with Gasteiger partial charge in [0.1, 0.15) is 11.5 Å². The monoisotopic (exact) mass is 494 g/mol. The highest BCUT2D eigenvalue weighted by atomic mass is 35.5. The summed E-state index contributed by atoms with van der Waals surface area (Å²) in [4.78, 5) is 38.7. The smallest absolute Gasteiger partial charge is 0.298 e. The summed E-state index contributed by atoms with van der Waals surface area (Å²) in [5, 5.41) is 2.88. The van der Waals surface area contributed by atoms with E-state index < -0.39 is 5.91 Å². The Morgan fingerprint density at radius 2 is 1.74 bits per heavy atom. The van der Waals surface area contributed by atoms with E-state index in [-0.39, 0.29) is 17.8 Å². The average molecular weight is 495 g/mol. The Hall–Kier alpha value is -3.75. The van der Waals surface area contributed by atoms with Crippen LogP contribution in [-0.2, 0) is 9.59 Å². The Labute approximate surface area is 205 Å². The van der Waals surface area contributed by atoms with Crippen molar-refractivity contribution in [2.45, 2.75) is 0 Å². The third-order valence-corrected chi connectivity index (χ3v) is 5.93. The van der Waals surface area contributed by atoms with Gasteiger partial charge in [-0.1, -0.05) is 35.9 Å². The average Bonchev–Trinajstić information content (AvgIpc) is 3.12. The Bertz CT molecular complexity index is 1260. The van der Waals surface area contributed by atoms with Crippen LogP contribution in [0, 0.1) is 0 Å². The Balaban J connectivity index is 1.37. The van der Waals surface area contributed by atoms with Gasteiger partial charge in [0.25, 0.3) is 17.1 Å². The van der Waals surface area contributed by atoms with Crippen LogP contribution in [-0.4, -0.2) is 30.8 Å². The van der Waals surface area contributed by atoms with Crippen molar-refractivity contribution in [3.05, 3.63) is 88.3 Å². The molecule has 1 saturated heterocycles. The van der Waals surface area contributed by atoms with Gasteiger partial charge in [-0.15, -0.1) is 0 Å². The van der Waals surface area contributed by atoms with E-state index in [0.717, 1.165) is 16.7 Å². The van der Waals surface area contributed by atoms with Gasteiger partial charge in [0.05, 0.1) is 23.4 Å². The summed E-state index contributed by atoms with van der Waals surface area (Å²) in [6.07, 6.45) is 1.64. The molecule has 1 N–H and O–H groups in total. The number of halogens is 1. The molecule has 3 aromatic rings. The molecule has 172 valence electrons. The fourth-order valence-corrected chi connectivity index (χ4v) is 4.14. The maximum Gasteiger partial charge on any atom is 0.298 e. The second kappa shape index (κ2) is 10.5. The molecule has 1 fully saturated rings. The summed E-state index contributed by atoms with van der Waals surface area (Å²) >= 11 is 6.75. The predicted molar refractivity (Wildman–Crippen MR) is 133 cm³/mol. The van der Waals surface area contributed by atoms with E-state index in [0.29, 0.717) is 38.4 Å². The van der Waals surface area contributed by atoms with E-state index in [4.69, 9.17) is 21.1 Å². The van der Waals surface area contributed by atoms with Gasteiger partial charge in [0.15, 0.2) is 6.61 Å². The number of carbonyl (C=O) groups is 3. The number of hydrogen-bond donors (Lipinski definition) is 1. The molecular weight excluding hydrogens is 476 g/mol. The predicted octanol–water partition coefficient (Wildman–Crippen LogP) is 5.61. The third-order valence-electron chi connectivity index (χ3n) is 4.81. The minimum Gasteiger partial charge on any atom is -0.495 e. The van der Waals surface area contributed by atoms with Crippen LogP contribution in [0.1, 0.15) is 5.56 Å². The molecule has 3 aromatic carbocycles. The molecule has 0 atom stereocenters. The lowest BCUT2D eigenvalue weighted by Gasteiger charge is -2.12. The van der Waals surface area contributed by atoms with Crippen LogP contribution in [0.2, 0.25) is 5.02 Å². The van der Waals surface area contributed by atoms with Crippen molar-refractivity contribution < 1.29 is 23.9 Å². The molecule has 34 heavy (non-hydrogen) atoms. The summed E-state index contributed by atoms with van der Waals surface area (Å²) in [5.74, 6) is 0.317. The number of methoxy groups -OCH3 is 1. The van der Waals surface area contributed by atoms with E-state index in [1.165, 1.54) is 7.11 Å². The van der Waals surface area contributed by atoms with Crippen molar-refractivity contribution in [3.8, 4) is 11.5 Å². The van der Waals surface area contributed by atoms with Crippen molar-refractivity contribution in [2.75, 3.05) is 23.9 Å². The summed E-state index contributed by atoms with van der Waals surface area (Å²) in [6, 6.07) is 20.4. The standard InChI is InChI=1S/C25H19ClN2O5S/c1-32-21-5-3-2-4-20(21)27-23(29)15-33-19-12-6-16(7-13-19)14-22-24(30)28(25(31)34-22)18-10-8-17(26)9-11-18/h2-14H,15H2,1H3,(H,27,29)/b22-14+. The molecule has 4 rings (SSSR count). The Morgan fingerprint density at radius 3 is 2.44 bits per heavy atom. The number of ether oxygens (including phenoxy) is 2.